The van der Waals surface area contributed by atoms with Gasteiger partial charge in [-0.1, -0.05) is 141 Å². The maximum absolute atomic E-state index is 2.50. The number of hydrogen-bond donors (Lipinski definition) is 0. The lowest BCUT2D eigenvalue weighted by Gasteiger charge is -2.31. The summed E-state index contributed by atoms with van der Waals surface area (Å²) in [7, 11) is 0. The maximum Gasteiger partial charge on any atom is 0.0543 e. The molecule has 0 radical (unpaired) electrons. The van der Waals surface area contributed by atoms with Crippen LogP contribution in [0.2, 0.25) is 0 Å². The van der Waals surface area contributed by atoms with Crippen molar-refractivity contribution in [3.8, 4) is 11.1 Å². The van der Waals surface area contributed by atoms with Crippen molar-refractivity contribution < 1.29 is 0 Å². The molecule has 0 heterocycles. The van der Waals surface area contributed by atoms with E-state index in [1.807, 2.05) is 0 Å². The van der Waals surface area contributed by atoms with Gasteiger partial charge in [-0.05, 0) is 129 Å². The third-order valence-electron chi connectivity index (χ3n) is 11.8. The molecule has 264 valence electrons. The van der Waals surface area contributed by atoms with Gasteiger partial charge in [0.15, 0.2) is 0 Å². The molecule has 2 nitrogen and oxygen atoms in total. The van der Waals surface area contributed by atoms with Crippen LogP contribution in [0.4, 0.5) is 34.1 Å². The molecule has 0 unspecified atom stereocenters. The average Bonchev–Trinajstić information content (AvgIpc) is 3.47. The molecule has 0 amide bonds. The van der Waals surface area contributed by atoms with Crippen LogP contribution >= 0.6 is 0 Å². The molecule has 2 heteroatoms. The molecule has 0 fully saturated rings. The summed E-state index contributed by atoms with van der Waals surface area (Å²) in [5.41, 5.74) is 14.7. The van der Waals surface area contributed by atoms with Crippen LogP contribution in [0.5, 0.6) is 0 Å². The summed E-state index contributed by atoms with van der Waals surface area (Å²) < 4.78 is 0. The average molecular weight is 707 g/mol. The van der Waals surface area contributed by atoms with Crippen molar-refractivity contribution in [3.05, 3.63) is 204 Å². The quantitative estimate of drug-likeness (QED) is 0.159. The molecule has 0 atom stereocenters. The van der Waals surface area contributed by atoms with Crippen LogP contribution < -0.4 is 9.80 Å². The standard InChI is InChI=1S/C53H42N2/c1-35-19-11-17-29-47(35)54(37-21-7-5-8-22-37)39-31-32-44-45(33-39)40-25-13-15-27-42(40)51-50-43-28-16-14-26-41(43)49(34-46(50)53(3,4)52(44)51)55(38-23-9-6-10-24-38)48-30-18-12-20-36(48)2/h5-34H,1-4H3. The van der Waals surface area contributed by atoms with Crippen LogP contribution in [-0.2, 0) is 5.41 Å². The van der Waals surface area contributed by atoms with Crippen molar-refractivity contribution in [2.75, 3.05) is 9.80 Å². The van der Waals surface area contributed by atoms with E-state index in [-0.39, 0.29) is 5.41 Å². The Morgan fingerprint density at radius 2 is 0.836 bits per heavy atom. The highest BCUT2D eigenvalue weighted by Crippen LogP contribution is 2.59. The number of anilines is 6. The molecular formula is C53H42N2. The molecule has 0 saturated carbocycles. The first kappa shape index (κ1) is 33.0. The second-order valence-electron chi connectivity index (χ2n) is 15.4. The fraction of sp³-hybridized carbons (Fsp3) is 0.0943. The van der Waals surface area contributed by atoms with Gasteiger partial charge in [0.25, 0.3) is 0 Å². The summed E-state index contributed by atoms with van der Waals surface area (Å²) in [6.07, 6.45) is 0. The van der Waals surface area contributed by atoms with Crippen molar-refractivity contribution in [1.29, 1.82) is 0 Å². The van der Waals surface area contributed by atoms with Gasteiger partial charge in [0.05, 0.1) is 5.69 Å². The fourth-order valence-corrected chi connectivity index (χ4v) is 9.28. The van der Waals surface area contributed by atoms with Crippen molar-refractivity contribution in [2.24, 2.45) is 0 Å². The van der Waals surface area contributed by atoms with E-state index in [4.69, 9.17) is 0 Å². The van der Waals surface area contributed by atoms with E-state index < -0.39 is 0 Å². The minimum absolute atomic E-state index is 0.281. The minimum Gasteiger partial charge on any atom is -0.310 e. The van der Waals surface area contributed by atoms with Gasteiger partial charge in [0.2, 0.25) is 0 Å². The van der Waals surface area contributed by atoms with Gasteiger partial charge in [0, 0.05) is 39.2 Å². The molecule has 55 heavy (non-hydrogen) atoms. The van der Waals surface area contributed by atoms with E-state index in [1.54, 1.807) is 0 Å². The zero-order valence-electron chi connectivity index (χ0n) is 31.7. The van der Waals surface area contributed by atoms with Gasteiger partial charge in [0.1, 0.15) is 0 Å². The number of aryl methyl sites for hydroxylation is 2. The summed E-state index contributed by atoms with van der Waals surface area (Å²) in [6, 6.07) is 66.8. The van der Waals surface area contributed by atoms with Crippen LogP contribution in [0.1, 0.15) is 36.1 Å². The lowest BCUT2D eigenvalue weighted by atomic mass is 9.79. The van der Waals surface area contributed by atoms with Gasteiger partial charge in [-0.15, -0.1) is 0 Å². The number of nitrogens with zero attached hydrogens (tertiary/aromatic N) is 2. The highest BCUT2D eigenvalue weighted by Gasteiger charge is 2.40. The maximum atomic E-state index is 2.50. The third kappa shape index (κ3) is 5.09. The van der Waals surface area contributed by atoms with Gasteiger partial charge < -0.3 is 9.80 Å². The molecule has 0 aromatic heterocycles. The molecule has 1 aliphatic carbocycles. The van der Waals surface area contributed by atoms with E-state index >= 15 is 0 Å². The van der Waals surface area contributed by atoms with Crippen LogP contribution in [-0.4, -0.2) is 0 Å². The van der Waals surface area contributed by atoms with Crippen molar-refractivity contribution in [1.82, 2.24) is 0 Å². The lowest BCUT2D eigenvalue weighted by molar-refractivity contribution is 0.667. The van der Waals surface area contributed by atoms with E-state index in [2.05, 4.69) is 219 Å². The Kier molecular flexibility index (Phi) is 7.64. The molecular weight excluding hydrogens is 665 g/mol. The number of hydrogen-bond acceptors (Lipinski definition) is 2. The predicted octanol–water partition coefficient (Wildman–Crippen LogP) is 15.0. The highest BCUT2D eigenvalue weighted by molar-refractivity contribution is 6.23. The Labute approximate surface area is 323 Å². The Hall–Kier alpha value is -6.64. The van der Waals surface area contributed by atoms with Crippen LogP contribution in [0.25, 0.3) is 43.4 Å². The smallest absolute Gasteiger partial charge is 0.0543 e. The summed E-state index contributed by atoms with van der Waals surface area (Å²) in [5, 5.41) is 7.69. The molecule has 0 saturated heterocycles. The van der Waals surface area contributed by atoms with Crippen molar-refractivity contribution in [3.63, 3.8) is 0 Å². The Balaban J connectivity index is 1.27. The first-order valence-electron chi connectivity index (χ1n) is 19.3. The largest absolute Gasteiger partial charge is 0.310 e. The van der Waals surface area contributed by atoms with E-state index in [0.29, 0.717) is 0 Å². The summed E-state index contributed by atoms with van der Waals surface area (Å²) in [6.45, 7) is 9.28. The van der Waals surface area contributed by atoms with Gasteiger partial charge in [-0.2, -0.15) is 0 Å². The molecule has 1 aliphatic rings. The van der Waals surface area contributed by atoms with Crippen LogP contribution in [0, 0.1) is 13.8 Å². The van der Waals surface area contributed by atoms with Crippen LogP contribution in [0.15, 0.2) is 182 Å². The molecule has 0 N–H and O–H groups in total. The molecule has 9 aromatic rings. The zero-order valence-corrected chi connectivity index (χ0v) is 31.7. The van der Waals surface area contributed by atoms with Crippen molar-refractivity contribution >= 4 is 66.4 Å². The molecule has 10 rings (SSSR count). The predicted molar refractivity (Wildman–Crippen MR) is 235 cm³/mol. The normalized spacial score (nSPS) is 12.9. The third-order valence-corrected chi connectivity index (χ3v) is 11.8. The van der Waals surface area contributed by atoms with E-state index in [9.17, 15) is 0 Å². The Morgan fingerprint density at radius 1 is 0.345 bits per heavy atom. The van der Waals surface area contributed by atoms with Crippen LogP contribution in [0.3, 0.4) is 0 Å². The minimum atomic E-state index is -0.281. The van der Waals surface area contributed by atoms with E-state index in [0.717, 1.165) is 17.1 Å². The molecule has 0 bridgehead atoms. The molecule has 0 spiro atoms. The van der Waals surface area contributed by atoms with Gasteiger partial charge >= 0.3 is 0 Å². The zero-order chi connectivity index (χ0) is 37.3. The lowest BCUT2D eigenvalue weighted by Crippen LogP contribution is -2.18. The SMILES string of the molecule is Cc1ccccc1N(c1ccccc1)c1ccc2c3c(c4ccccc4c2c1)-c1c(cc(N(c2ccccc2)c2ccccc2C)c2ccccc12)C3(C)C. The summed E-state index contributed by atoms with van der Waals surface area (Å²) >= 11 is 0. The number of benzene rings is 9. The first-order valence-corrected chi connectivity index (χ1v) is 19.3. The molecule has 0 aliphatic heterocycles. The highest BCUT2D eigenvalue weighted by atomic mass is 15.2. The number of para-hydroxylation sites is 4. The van der Waals surface area contributed by atoms with Gasteiger partial charge in [-0.3, -0.25) is 0 Å². The summed E-state index contributed by atoms with van der Waals surface area (Å²) in [4.78, 5) is 4.86. The molecule has 9 aromatic carbocycles. The Bertz CT molecular complexity index is 2920. The number of rotatable bonds is 6. The monoisotopic (exact) mass is 706 g/mol. The Morgan fingerprint density at radius 3 is 1.45 bits per heavy atom. The van der Waals surface area contributed by atoms with E-state index in [1.165, 1.54) is 82.8 Å². The second-order valence-corrected chi connectivity index (χ2v) is 15.4. The fourth-order valence-electron chi connectivity index (χ4n) is 9.28. The van der Waals surface area contributed by atoms with Crippen molar-refractivity contribution in [2.45, 2.75) is 33.1 Å². The topological polar surface area (TPSA) is 6.48 Å². The second kappa shape index (κ2) is 12.7. The van der Waals surface area contributed by atoms with Gasteiger partial charge in [-0.25, -0.2) is 0 Å². The first-order chi connectivity index (χ1) is 26.9. The number of fused-ring (bicyclic) bond motifs is 10. The summed E-state index contributed by atoms with van der Waals surface area (Å²) in [5.74, 6) is 0.